The van der Waals surface area contributed by atoms with Gasteiger partial charge in [0.05, 0.1) is 25.3 Å². The SMILES string of the molecule is CCCCC#Cc1cc(OC)c(C#CCCCC)cc1OC. The van der Waals surface area contributed by atoms with Crippen molar-refractivity contribution in [3.05, 3.63) is 23.3 Å². The Morgan fingerprint density at radius 1 is 0.773 bits per heavy atom. The molecule has 0 unspecified atom stereocenters. The van der Waals surface area contributed by atoms with Crippen LogP contribution in [-0.4, -0.2) is 14.2 Å². The summed E-state index contributed by atoms with van der Waals surface area (Å²) in [6.07, 6.45) is 6.35. The fourth-order valence-corrected chi connectivity index (χ4v) is 1.94. The Kier molecular flexibility index (Phi) is 8.70. The maximum absolute atomic E-state index is 5.44. The van der Waals surface area contributed by atoms with E-state index in [0.717, 1.165) is 61.2 Å². The summed E-state index contributed by atoms with van der Waals surface area (Å²) in [5.74, 6) is 14.2. The van der Waals surface area contributed by atoms with Gasteiger partial charge in [0, 0.05) is 25.0 Å². The van der Waals surface area contributed by atoms with Crippen molar-refractivity contribution in [3.8, 4) is 35.2 Å². The van der Waals surface area contributed by atoms with Crippen LogP contribution in [0.4, 0.5) is 0 Å². The molecule has 0 spiro atoms. The first-order valence-corrected chi connectivity index (χ1v) is 8.00. The minimum absolute atomic E-state index is 0.754. The number of hydrogen-bond donors (Lipinski definition) is 0. The molecule has 0 aliphatic heterocycles. The quantitative estimate of drug-likeness (QED) is 0.555. The molecule has 1 aromatic rings. The van der Waals surface area contributed by atoms with Gasteiger partial charge < -0.3 is 9.47 Å². The van der Waals surface area contributed by atoms with Crippen molar-refractivity contribution in [1.82, 2.24) is 0 Å². The smallest absolute Gasteiger partial charge is 0.135 e. The lowest BCUT2D eigenvalue weighted by Gasteiger charge is -2.09. The van der Waals surface area contributed by atoms with Gasteiger partial charge in [0.15, 0.2) is 0 Å². The Bertz CT molecular complexity index is 526. The summed E-state index contributed by atoms with van der Waals surface area (Å²) in [6.45, 7) is 4.33. The van der Waals surface area contributed by atoms with Gasteiger partial charge in [-0.3, -0.25) is 0 Å². The van der Waals surface area contributed by atoms with Crippen LogP contribution in [0.15, 0.2) is 12.1 Å². The number of benzene rings is 1. The van der Waals surface area contributed by atoms with Gasteiger partial charge in [0.2, 0.25) is 0 Å². The van der Waals surface area contributed by atoms with Crippen LogP contribution in [0.3, 0.4) is 0 Å². The topological polar surface area (TPSA) is 18.5 Å². The Balaban J connectivity index is 3.04. The maximum atomic E-state index is 5.44. The van der Waals surface area contributed by atoms with E-state index >= 15 is 0 Å². The molecular weight excluding hydrogens is 272 g/mol. The van der Waals surface area contributed by atoms with E-state index in [4.69, 9.17) is 9.47 Å². The zero-order chi connectivity index (χ0) is 16.2. The lowest BCUT2D eigenvalue weighted by molar-refractivity contribution is 0.401. The van der Waals surface area contributed by atoms with Gasteiger partial charge in [-0.15, -0.1) is 0 Å². The third kappa shape index (κ3) is 5.74. The van der Waals surface area contributed by atoms with Gasteiger partial charge in [-0.25, -0.2) is 0 Å². The van der Waals surface area contributed by atoms with Crippen LogP contribution in [0, 0.1) is 23.7 Å². The molecule has 0 atom stereocenters. The van der Waals surface area contributed by atoms with E-state index < -0.39 is 0 Å². The zero-order valence-electron chi connectivity index (χ0n) is 14.2. The molecule has 0 aliphatic rings. The molecule has 0 radical (unpaired) electrons. The number of methoxy groups -OCH3 is 2. The van der Waals surface area contributed by atoms with Crippen molar-refractivity contribution in [1.29, 1.82) is 0 Å². The fourth-order valence-electron chi connectivity index (χ4n) is 1.94. The summed E-state index contributed by atoms with van der Waals surface area (Å²) in [5.41, 5.74) is 1.71. The molecule has 0 aliphatic carbocycles. The maximum Gasteiger partial charge on any atom is 0.135 e. The highest BCUT2D eigenvalue weighted by molar-refractivity contribution is 5.58. The van der Waals surface area contributed by atoms with Crippen LogP contribution >= 0.6 is 0 Å². The number of unbranched alkanes of at least 4 members (excludes halogenated alkanes) is 4. The van der Waals surface area contributed by atoms with Crippen LogP contribution < -0.4 is 9.47 Å². The van der Waals surface area contributed by atoms with Crippen LogP contribution in [0.25, 0.3) is 0 Å². The van der Waals surface area contributed by atoms with Crippen molar-refractivity contribution in [2.24, 2.45) is 0 Å². The van der Waals surface area contributed by atoms with Gasteiger partial charge in [-0.05, 0) is 12.8 Å². The molecule has 0 saturated heterocycles. The van der Waals surface area contributed by atoms with Crippen LogP contribution in [0.1, 0.15) is 63.5 Å². The Labute approximate surface area is 135 Å². The van der Waals surface area contributed by atoms with Gasteiger partial charge >= 0.3 is 0 Å². The van der Waals surface area contributed by atoms with Crippen molar-refractivity contribution in [3.63, 3.8) is 0 Å². The van der Waals surface area contributed by atoms with Gasteiger partial charge in [-0.1, -0.05) is 50.4 Å². The van der Waals surface area contributed by atoms with E-state index in [1.54, 1.807) is 14.2 Å². The second-order valence-corrected chi connectivity index (χ2v) is 5.06. The average molecular weight is 298 g/mol. The molecule has 1 rings (SSSR count). The van der Waals surface area contributed by atoms with Crippen molar-refractivity contribution < 1.29 is 9.47 Å². The molecule has 0 bridgehead atoms. The van der Waals surface area contributed by atoms with E-state index in [-0.39, 0.29) is 0 Å². The lowest BCUT2D eigenvalue weighted by Crippen LogP contribution is -1.94. The predicted octanol–water partition coefficient (Wildman–Crippen LogP) is 4.79. The minimum Gasteiger partial charge on any atom is -0.495 e. The largest absolute Gasteiger partial charge is 0.495 e. The van der Waals surface area contributed by atoms with E-state index in [1.165, 1.54) is 0 Å². The minimum atomic E-state index is 0.754. The summed E-state index contributed by atoms with van der Waals surface area (Å²) >= 11 is 0. The molecule has 0 amide bonds. The monoisotopic (exact) mass is 298 g/mol. The first kappa shape index (κ1) is 18.0. The summed E-state index contributed by atoms with van der Waals surface area (Å²) in [5, 5.41) is 0. The van der Waals surface area contributed by atoms with Crippen molar-refractivity contribution in [2.75, 3.05) is 14.2 Å². The van der Waals surface area contributed by atoms with E-state index in [1.807, 2.05) is 12.1 Å². The molecule has 22 heavy (non-hydrogen) atoms. The number of ether oxygens (including phenoxy) is 2. The van der Waals surface area contributed by atoms with Gasteiger partial charge in [-0.2, -0.15) is 0 Å². The Morgan fingerprint density at radius 3 is 1.50 bits per heavy atom. The number of hydrogen-bond acceptors (Lipinski definition) is 2. The van der Waals surface area contributed by atoms with Crippen LogP contribution in [-0.2, 0) is 0 Å². The highest BCUT2D eigenvalue weighted by Gasteiger charge is 2.08. The third-order valence-electron chi connectivity index (χ3n) is 3.28. The van der Waals surface area contributed by atoms with E-state index in [2.05, 4.69) is 37.5 Å². The molecule has 0 N–H and O–H groups in total. The van der Waals surface area contributed by atoms with Crippen LogP contribution in [0.2, 0.25) is 0 Å². The van der Waals surface area contributed by atoms with Crippen molar-refractivity contribution in [2.45, 2.75) is 52.4 Å². The summed E-state index contributed by atoms with van der Waals surface area (Å²) in [6, 6.07) is 3.84. The predicted molar refractivity (Wildman–Crippen MR) is 92.4 cm³/mol. The standard InChI is InChI=1S/C20H26O2/c1-5-7-9-11-13-17-15-20(22-4)18(16-19(17)21-3)14-12-10-8-6-2/h15-16H,5-10H2,1-4H3. The van der Waals surface area contributed by atoms with Crippen LogP contribution in [0.5, 0.6) is 11.5 Å². The first-order valence-electron chi connectivity index (χ1n) is 8.00. The molecule has 0 fully saturated rings. The molecule has 2 nitrogen and oxygen atoms in total. The first-order chi connectivity index (χ1) is 10.8. The molecule has 118 valence electrons. The Morgan fingerprint density at radius 2 is 1.18 bits per heavy atom. The Hall–Kier alpha value is -2.06. The highest BCUT2D eigenvalue weighted by Crippen LogP contribution is 2.27. The van der Waals surface area contributed by atoms with Crippen molar-refractivity contribution >= 4 is 0 Å². The summed E-state index contributed by atoms with van der Waals surface area (Å²) in [4.78, 5) is 0. The highest BCUT2D eigenvalue weighted by atomic mass is 16.5. The van der Waals surface area contributed by atoms with E-state index in [0.29, 0.717) is 0 Å². The van der Waals surface area contributed by atoms with Gasteiger partial charge in [0.25, 0.3) is 0 Å². The van der Waals surface area contributed by atoms with E-state index in [9.17, 15) is 0 Å². The molecule has 0 heterocycles. The second-order valence-electron chi connectivity index (χ2n) is 5.06. The summed E-state index contributed by atoms with van der Waals surface area (Å²) in [7, 11) is 3.32. The normalized spacial score (nSPS) is 9.27. The molecule has 0 saturated carbocycles. The third-order valence-corrected chi connectivity index (χ3v) is 3.28. The lowest BCUT2D eigenvalue weighted by atomic mass is 10.1. The van der Waals surface area contributed by atoms with Gasteiger partial charge in [0.1, 0.15) is 11.5 Å². The second kappa shape index (κ2) is 10.6. The summed E-state index contributed by atoms with van der Waals surface area (Å²) < 4.78 is 10.9. The zero-order valence-corrected chi connectivity index (χ0v) is 14.2. The number of rotatable bonds is 6. The molecule has 2 heteroatoms. The average Bonchev–Trinajstić information content (AvgIpc) is 2.55. The molecule has 1 aromatic carbocycles. The molecule has 0 aromatic heterocycles. The fraction of sp³-hybridized carbons (Fsp3) is 0.500. The molecular formula is C20H26O2.